The number of amides is 4. The Morgan fingerprint density at radius 2 is 1.93 bits per heavy atom. The van der Waals surface area contributed by atoms with Crippen molar-refractivity contribution in [3.05, 3.63) is 65.2 Å². The van der Waals surface area contributed by atoms with Gasteiger partial charge < -0.3 is 15.0 Å². The van der Waals surface area contributed by atoms with E-state index >= 15 is 0 Å². The van der Waals surface area contributed by atoms with Crippen molar-refractivity contribution in [3.8, 4) is 17.6 Å². The predicted octanol–water partition coefficient (Wildman–Crippen LogP) is 1.28. The first-order chi connectivity index (χ1) is 13.5. The van der Waals surface area contributed by atoms with Crippen molar-refractivity contribution < 1.29 is 19.1 Å². The molecule has 7 nitrogen and oxygen atoms in total. The second-order valence-electron chi connectivity index (χ2n) is 6.61. The van der Waals surface area contributed by atoms with Gasteiger partial charge in [0.1, 0.15) is 5.75 Å². The molecule has 4 rings (SSSR count). The van der Waals surface area contributed by atoms with Crippen molar-refractivity contribution >= 4 is 17.8 Å². The van der Waals surface area contributed by atoms with E-state index in [0.29, 0.717) is 23.4 Å². The Morgan fingerprint density at radius 3 is 2.61 bits per heavy atom. The van der Waals surface area contributed by atoms with Gasteiger partial charge in [0.2, 0.25) is 5.54 Å². The molecule has 0 radical (unpaired) electrons. The number of benzene rings is 2. The molecule has 1 saturated heterocycles. The van der Waals surface area contributed by atoms with Gasteiger partial charge in [0.05, 0.1) is 13.7 Å². The summed E-state index contributed by atoms with van der Waals surface area (Å²) in [4.78, 5) is 38.7. The smallest absolute Gasteiger partial charge is 0.323 e. The van der Waals surface area contributed by atoms with Crippen LogP contribution in [0.1, 0.15) is 21.5 Å². The van der Waals surface area contributed by atoms with Crippen LogP contribution >= 0.6 is 0 Å². The quantitative estimate of drug-likeness (QED) is 0.625. The highest BCUT2D eigenvalue weighted by Gasteiger charge is 2.48. The molecular weight excluding hydrogens is 358 g/mol. The maximum absolute atomic E-state index is 12.8. The number of carbonyl (C=O) groups excluding carboxylic acids is 3. The van der Waals surface area contributed by atoms with E-state index in [1.807, 2.05) is 24.3 Å². The third-order valence-corrected chi connectivity index (χ3v) is 4.76. The van der Waals surface area contributed by atoms with E-state index in [-0.39, 0.29) is 12.5 Å². The molecule has 2 heterocycles. The van der Waals surface area contributed by atoms with Crippen molar-refractivity contribution in [1.29, 1.82) is 0 Å². The molecule has 2 aromatic carbocycles. The molecule has 2 aliphatic rings. The minimum absolute atomic E-state index is 0.0553. The fourth-order valence-electron chi connectivity index (χ4n) is 3.31. The van der Waals surface area contributed by atoms with Gasteiger partial charge in [0.15, 0.2) is 0 Å². The lowest BCUT2D eigenvalue weighted by Gasteiger charge is -2.26. The Bertz CT molecular complexity index is 1040. The van der Waals surface area contributed by atoms with Crippen LogP contribution in [-0.4, -0.2) is 41.9 Å². The van der Waals surface area contributed by atoms with Gasteiger partial charge in [-0.2, -0.15) is 0 Å². The largest absolute Gasteiger partial charge is 0.497 e. The highest BCUT2D eigenvalue weighted by molar-refractivity contribution is 6.10. The first-order valence-electron chi connectivity index (χ1n) is 8.69. The van der Waals surface area contributed by atoms with Crippen LogP contribution in [-0.2, 0) is 11.3 Å². The van der Waals surface area contributed by atoms with Crippen LogP contribution in [0.2, 0.25) is 0 Å². The first kappa shape index (κ1) is 17.6. The number of nitrogens with one attached hydrogen (secondary N) is 2. The number of nitrogens with zero attached hydrogens (tertiary/aromatic N) is 1. The lowest BCUT2D eigenvalue weighted by atomic mass is 9.99. The van der Waals surface area contributed by atoms with E-state index < -0.39 is 17.5 Å². The molecule has 7 heteroatoms. The second-order valence-corrected chi connectivity index (χ2v) is 6.61. The summed E-state index contributed by atoms with van der Waals surface area (Å²) in [6, 6.07) is 13.8. The van der Waals surface area contributed by atoms with Crippen molar-refractivity contribution in [2.45, 2.75) is 12.1 Å². The van der Waals surface area contributed by atoms with Gasteiger partial charge in [-0.25, -0.2) is 4.79 Å². The minimum Gasteiger partial charge on any atom is -0.497 e. The number of hydrogen-bond donors (Lipinski definition) is 2. The first-order valence-corrected chi connectivity index (χ1v) is 8.69. The second kappa shape index (κ2) is 6.74. The third-order valence-electron chi connectivity index (χ3n) is 4.76. The van der Waals surface area contributed by atoms with Gasteiger partial charge in [-0.15, -0.1) is 0 Å². The number of urea groups is 1. The van der Waals surface area contributed by atoms with E-state index in [1.54, 1.807) is 24.3 Å². The summed E-state index contributed by atoms with van der Waals surface area (Å²) < 4.78 is 5.18. The van der Waals surface area contributed by atoms with Crippen molar-refractivity contribution in [2.24, 2.45) is 0 Å². The molecule has 2 aliphatic heterocycles. The maximum atomic E-state index is 12.8. The normalized spacial score (nSPS) is 20.2. The van der Waals surface area contributed by atoms with Crippen molar-refractivity contribution in [1.82, 2.24) is 15.5 Å². The molecule has 0 spiro atoms. The fourth-order valence-corrected chi connectivity index (χ4v) is 3.31. The SMILES string of the molecule is COc1ccc2c(c1)C(=O)N(C[C@@]1(C#Cc3ccccc3)NC(=O)NC1=O)C2. The lowest BCUT2D eigenvalue weighted by molar-refractivity contribution is -0.122. The van der Waals surface area contributed by atoms with E-state index in [4.69, 9.17) is 4.74 Å². The van der Waals surface area contributed by atoms with Crippen LogP contribution in [0.25, 0.3) is 0 Å². The van der Waals surface area contributed by atoms with E-state index in [1.165, 1.54) is 12.0 Å². The summed E-state index contributed by atoms with van der Waals surface area (Å²) in [5.41, 5.74) is 0.558. The average Bonchev–Trinajstić information content (AvgIpc) is 3.16. The van der Waals surface area contributed by atoms with Gasteiger partial charge in [0.25, 0.3) is 11.8 Å². The maximum Gasteiger partial charge on any atom is 0.323 e. The standard InChI is InChI=1S/C21H17N3O4/c1-28-16-8-7-15-12-24(18(25)17(15)11-16)13-21(19(26)22-20(27)23-21)10-9-14-5-3-2-4-6-14/h2-8,11H,12-13H2,1H3,(H2,22,23,26,27)/t21-/m1/s1. The van der Waals surface area contributed by atoms with Crippen molar-refractivity contribution in [3.63, 3.8) is 0 Å². The zero-order chi connectivity index (χ0) is 19.7. The monoisotopic (exact) mass is 375 g/mol. The average molecular weight is 375 g/mol. The Labute approximate surface area is 161 Å². The lowest BCUT2D eigenvalue weighted by Crippen LogP contribution is -2.54. The highest BCUT2D eigenvalue weighted by atomic mass is 16.5. The zero-order valence-corrected chi connectivity index (χ0v) is 15.1. The predicted molar refractivity (Wildman–Crippen MR) is 100 cm³/mol. The molecule has 28 heavy (non-hydrogen) atoms. The van der Waals surface area contributed by atoms with Crippen molar-refractivity contribution in [2.75, 3.05) is 13.7 Å². The van der Waals surface area contributed by atoms with Crippen LogP contribution in [0.15, 0.2) is 48.5 Å². The van der Waals surface area contributed by atoms with Crippen LogP contribution in [0.5, 0.6) is 5.75 Å². The molecule has 0 saturated carbocycles. The molecule has 0 unspecified atom stereocenters. The molecular formula is C21H17N3O4. The number of fused-ring (bicyclic) bond motifs is 1. The third kappa shape index (κ3) is 3.05. The molecule has 2 aromatic rings. The number of imide groups is 1. The summed E-state index contributed by atoms with van der Waals surface area (Å²) in [6.45, 7) is 0.274. The fraction of sp³-hybridized carbons (Fsp3) is 0.190. The number of hydrogen-bond acceptors (Lipinski definition) is 4. The number of rotatable bonds is 3. The van der Waals surface area contributed by atoms with E-state index in [0.717, 1.165) is 5.56 Å². The summed E-state index contributed by atoms with van der Waals surface area (Å²) in [5, 5.41) is 4.82. The highest BCUT2D eigenvalue weighted by Crippen LogP contribution is 2.28. The summed E-state index contributed by atoms with van der Waals surface area (Å²) in [6.07, 6.45) is 0. The molecule has 2 N–H and O–H groups in total. The Hall–Kier alpha value is -3.79. The molecule has 0 aromatic heterocycles. The van der Waals surface area contributed by atoms with Gasteiger partial charge >= 0.3 is 6.03 Å². The van der Waals surface area contributed by atoms with Crippen LogP contribution < -0.4 is 15.4 Å². The van der Waals surface area contributed by atoms with Gasteiger partial charge in [0, 0.05) is 17.7 Å². The Balaban J connectivity index is 1.65. The minimum atomic E-state index is -1.51. The van der Waals surface area contributed by atoms with E-state index in [2.05, 4.69) is 22.5 Å². The summed E-state index contributed by atoms with van der Waals surface area (Å²) in [7, 11) is 1.53. The summed E-state index contributed by atoms with van der Waals surface area (Å²) >= 11 is 0. The molecule has 1 fully saturated rings. The summed E-state index contributed by atoms with van der Waals surface area (Å²) in [5.74, 6) is 5.58. The number of ether oxygens (including phenoxy) is 1. The van der Waals surface area contributed by atoms with Crippen LogP contribution in [0.4, 0.5) is 4.79 Å². The van der Waals surface area contributed by atoms with Gasteiger partial charge in [-0.05, 0) is 29.8 Å². The topological polar surface area (TPSA) is 87.7 Å². The molecule has 4 amide bonds. The molecule has 0 bridgehead atoms. The Kier molecular flexibility index (Phi) is 4.24. The van der Waals surface area contributed by atoms with E-state index in [9.17, 15) is 14.4 Å². The molecule has 1 atom stereocenters. The zero-order valence-electron chi connectivity index (χ0n) is 15.1. The van der Waals surface area contributed by atoms with Gasteiger partial charge in [-0.3, -0.25) is 14.9 Å². The van der Waals surface area contributed by atoms with Crippen LogP contribution in [0, 0.1) is 11.8 Å². The van der Waals surface area contributed by atoms with Gasteiger partial charge in [-0.1, -0.05) is 36.1 Å². The molecule has 140 valence electrons. The Morgan fingerprint density at radius 1 is 1.14 bits per heavy atom. The van der Waals surface area contributed by atoms with Crippen LogP contribution in [0.3, 0.4) is 0 Å². The molecule has 0 aliphatic carbocycles. The number of carbonyl (C=O) groups is 3. The number of methoxy groups -OCH3 is 1.